The van der Waals surface area contributed by atoms with Gasteiger partial charge in [0.15, 0.2) is 5.78 Å². The van der Waals surface area contributed by atoms with E-state index in [2.05, 4.69) is 10.2 Å². The number of unbranched alkanes of at least 4 members (excludes halogenated alkanes) is 1. The van der Waals surface area contributed by atoms with Gasteiger partial charge in [0.25, 0.3) is 0 Å². The lowest BCUT2D eigenvalue weighted by atomic mass is 10.1. The Kier molecular flexibility index (Phi) is 6.36. The van der Waals surface area contributed by atoms with E-state index in [1.54, 1.807) is 30.5 Å². The van der Waals surface area contributed by atoms with Gasteiger partial charge in [-0.25, -0.2) is 0 Å². The van der Waals surface area contributed by atoms with Crippen LogP contribution >= 0.6 is 0 Å². The summed E-state index contributed by atoms with van der Waals surface area (Å²) >= 11 is 0. The molecule has 0 saturated carbocycles. The Morgan fingerprint density at radius 3 is 2.38 bits per heavy atom. The molecule has 0 atom stereocenters. The van der Waals surface area contributed by atoms with Crippen LogP contribution in [0.1, 0.15) is 47.7 Å². The minimum absolute atomic E-state index is 0.109. The van der Waals surface area contributed by atoms with Gasteiger partial charge in [0, 0.05) is 17.5 Å². The van der Waals surface area contributed by atoms with Crippen molar-refractivity contribution in [2.75, 3.05) is 0 Å². The molecule has 1 N–H and O–H groups in total. The number of halogens is 3. The van der Waals surface area contributed by atoms with Crippen LogP contribution in [0.3, 0.4) is 0 Å². The van der Waals surface area contributed by atoms with Crippen molar-refractivity contribution in [1.29, 1.82) is 0 Å². The van der Waals surface area contributed by atoms with Crippen LogP contribution < -0.4 is 4.74 Å². The van der Waals surface area contributed by atoms with Gasteiger partial charge in [-0.05, 0) is 48.4 Å². The van der Waals surface area contributed by atoms with Gasteiger partial charge in [-0.2, -0.15) is 18.3 Å². The molecule has 0 unspecified atom stereocenters. The molecule has 3 rings (SSSR count). The number of nitrogens with one attached hydrogen (secondary N) is 1. The molecular weight excluding hydrogens is 381 g/mol. The Morgan fingerprint density at radius 2 is 1.76 bits per heavy atom. The SMILES string of the molecule is CCCCC(=O)c1ccc(OCc2cn[nH]c2-c2ccc(C(F)(F)F)cc2)cc1. The van der Waals surface area contributed by atoms with Crippen molar-refractivity contribution in [1.82, 2.24) is 10.2 Å². The Morgan fingerprint density at radius 1 is 1.07 bits per heavy atom. The Hall–Kier alpha value is -3.09. The number of carbonyl (C=O) groups excluding carboxylic acids is 1. The second-order valence-electron chi connectivity index (χ2n) is 6.69. The molecule has 2 aromatic carbocycles. The second-order valence-corrected chi connectivity index (χ2v) is 6.69. The van der Waals surface area contributed by atoms with Gasteiger partial charge in [0.2, 0.25) is 0 Å². The van der Waals surface area contributed by atoms with E-state index in [0.717, 1.165) is 25.0 Å². The first-order valence-electron chi connectivity index (χ1n) is 9.34. The fourth-order valence-electron chi connectivity index (χ4n) is 2.88. The highest BCUT2D eigenvalue weighted by atomic mass is 19.4. The van der Waals surface area contributed by atoms with E-state index in [4.69, 9.17) is 4.74 Å². The molecule has 0 saturated heterocycles. The monoisotopic (exact) mass is 402 g/mol. The minimum Gasteiger partial charge on any atom is -0.489 e. The first kappa shape index (κ1) is 20.6. The minimum atomic E-state index is -4.37. The summed E-state index contributed by atoms with van der Waals surface area (Å²) < 4.78 is 43.9. The van der Waals surface area contributed by atoms with Crippen molar-refractivity contribution in [3.63, 3.8) is 0 Å². The molecule has 4 nitrogen and oxygen atoms in total. The number of Topliss-reactive ketones (excluding diaryl/α,β-unsaturated/α-hetero) is 1. The van der Waals surface area contributed by atoms with Crippen LogP contribution in [0.2, 0.25) is 0 Å². The summed E-state index contributed by atoms with van der Waals surface area (Å²) in [5.74, 6) is 0.703. The number of H-pyrrole nitrogens is 1. The van der Waals surface area contributed by atoms with Crippen molar-refractivity contribution in [3.05, 3.63) is 71.4 Å². The second kappa shape index (κ2) is 8.94. The van der Waals surface area contributed by atoms with Crippen LogP contribution in [0.25, 0.3) is 11.3 Å². The molecule has 0 spiro atoms. The first-order valence-corrected chi connectivity index (χ1v) is 9.34. The number of nitrogens with zero attached hydrogens (tertiary/aromatic N) is 1. The number of alkyl halides is 3. The highest BCUT2D eigenvalue weighted by Crippen LogP contribution is 2.31. The van der Waals surface area contributed by atoms with Crippen molar-refractivity contribution >= 4 is 5.78 Å². The molecule has 152 valence electrons. The quantitative estimate of drug-likeness (QED) is 0.467. The zero-order valence-electron chi connectivity index (χ0n) is 15.9. The van der Waals surface area contributed by atoms with Gasteiger partial charge in [-0.15, -0.1) is 0 Å². The zero-order chi connectivity index (χ0) is 20.9. The number of ketones is 1. The van der Waals surface area contributed by atoms with Gasteiger partial charge in [-0.3, -0.25) is 9.89 Å². The number of ether oxygens (including phenoxy) is 1. The lowest BCUT2D eigenvalue weighted by Gasteiger charge is -2.09. The van der Waals surface area contributed by atoms with Crippen LogP contribution in [0, 0.1) is 0 Å². The maximum atomic E-state index is 12.7. The smallest absolute Gasteiger partial charge is 0.416 e. The van der Waals surface area contributed by atoms with E-state index < -0.39 is 11.7 Å². The standard InChI is InChI=1S/C22H21F3N2O2/c1-2-3-4-20(28)15-7-11-19(12-8-15)29-14-17-13-26-27-21(17)16-5-9-18(10-6-16)22(23,24)25/h5-13H,2-4,14H2,1H3,(H,26,27). The molecule has 7 heteroatoms. The summed E-state index contributed by atoms with van der Waals surface area (Å²) in [6, 6.07) is 11.8. The number of benzene rings is 2. The fourth-order valence-corrected chi connectivity index (χ4v) is 2.88. The summed E-state index contributed by atoms with van der Waals surface area (Å²) in [6.45, 7) is 2.23. The topological polar surface area (TPSA) is 55.0 Å². The molecule has 0 aliphatic rings. The van der Waals surface area contributed by atoms with Crippen LogP contribution in [0.15, 0.2) is 54.7 Å². The van der Waals surface area contributed by atoms with Crippen molar-refractivity contribution in [2.45, 2.75) is 39.0 Å². The lowest BCUT2D eigenvalue weighted by molar-refractivity contribution is -0.137. The molecule has 1 aromatic heterocycles. The largest absolute Gasteiger partial charge is 0.489 e. The molecule has 0 fully saturated rings. The van der Waals surface area contributed by atoms with Gasteiger partial charge < -0.3 is 4.74 Å². The predicted octanol–water partition coefficient (Wildman–Crippen LogP) is 6.05. The number of hydrogen-bond acceptors (Lipinski definition) is 3. The van der Waals surface area contributed by atoms with E-state index in [-0.39, 0.29) is 12.4 Å². The van der Waals surface area contributed by atoms with Gasteiger partial charge in [0.1, 0.15) is 12.4 Å². The number of aromatic nitrogens is 2. The predicted molar refractivity (Wildman–Crippen MR) is 104 cm³/mol. The van der Waals surface area contributed by atoms with Crippen LogP contribution in [-0.2, 0) is 12.8 Å². The molecule has 1 heterocycles. The first-order chi connectivity index (χ1) is 13.9. The van der Waals surface area contributed by atoms with Crippen LogP contribution in [-0.4, -0.2) is 16.0 Å². The Bertz CT molecular complexity index is 945. The third-order valence-corrected chi connectivity index (χ3v) is 4.55. The van der Waals surface area contributed by atoms with Crippen LogP contribution in [0.4, 0.5) is 13.2 Å². The Labute approximate surface area is 166 Å². The van der Waals surface area contributed by atoms with E-state index in [1.807, 2.05) is 6.92 Å². The number of rotatable bonds is 8. The van der Waals surface area contributed by atoms with Gasteiger partial charge in [0.05, 0.1) is 17.5 Å². The van der Waals surface area contributed by atoms with Gasteiger partial charge in [-0.1, -0.05) is 25.5 Å². The van der Waals surface area contributed by atoms with E-state index in [1.165, 1.54) is 12.1 Å². The highest BCUT2D eigenvalue weighted by Gasteiger charge is 2.30. The molecular formula is C22H21F3N2O2. The number of aromatic amines is 1. The van der Waals surface area contributed by atoms with Gasteiger partial charge >= 0.3 is 6.18 Å². The maximum absolute atomic E-state index is 12.7. The zero-order valence-corrected chi connectivity index (χ0v) is 15.9. The third-order valence-electron chi connectivity index (χ3n) is 4.55. The number of hydrogen-bond donors (Lipinski definition) is 1. The lowest BCUT2D eigenvalue weighted by Crippen LogP contribution is -2.04. The van der Waals surface area contributed by atoms with Crippen LogP contribution in [0.5, 0.6) is 5.75 Å². The van der Waals surface area contributed by atoms with E-state index in [9.17, 15) is 18.0 Å². The van der Waals surface area contributed by atoms with Crippen molar-refractivity contribution in [3.8, 4) is 17.0 Å². The molecule has 0 aliphatic carbocycles. The summed E-state index contributed by atoms with van der Waals surface area (Å²) in [6.07, 6.45) is -0.427. The Balaban J connectivity index is 1.65. The average molecular weight is 402 g/mol. The van der Waals surface area contributed by atoms with E-state index in [0.29, 0.717) is 34.6 Å². The molecule has 0 amide bonds. The summed E-state index contributed by atoms with van der Waals surface area (Å²) in [7, 11) is 0. The summed E-state index contributed by atoms with van der Waals surface area (Å²) in [5, 5.41) is 6.78. The maximum Gasteiger partial charge on any atom is 0.416 e. The fraction of sp³-hybridized carbons (Fsp3) is 0.273. The van der Waals surface area contributed by atoms with E-state index >= 15 is 0 Å². The molecule has 0 bridgehead atoms. The molecule has 29 heavy (non-hydrogen) atoms. The molecule has 0 radical (unpaired) electrons. The van der Waals surface area contributed by atoms with Crippen molar-refractivity contribution in [2.24, 2.45) is 0 Å². The van der Waals surface area contributed by atoms with Crippen molar-refractivity contribution < 1.29 is 22.7 Å². The normalized spacial score (nSPS) is 11.4. The highest BCUT2D eigenvalue weighted by molar-refractivity contribution is 5.96. The summed E-state index contributed by atoms with van der Waals surface area (Å²) in [5.41, 5.74) is 1.86. The summed E-state index contributed by atoms with van der Waals surface area (Å²) in [4.78, 5) is 12.0. The number of carbonyl (C=O) groups is 1. The molecule has 0 aliphatic heterocycles. The molecule has 3 aromatic rings. The average Bonchev–Trinajstić information content (AvgIpc) is 3.19. The third kappa shape index (κ3) is 5.25.